The van der Waals surface area contributed by atoms with Gasteiger partial charge < -0.3 is 15.2 Å². The van der Waals surface area contributed by atoms with Crippen LogP contribution in [-0.2, 0) is 9.53 Å². The summed E-state index contributed by atoms with van der Waals surface area (Å²) in [6, 6.07) is 9.07. The van der Waals surface area contributed by atoms with E-state index >= 15 is 0 Å². The van der Waals surface area contributed by atoms with E-state index in [1.165, 1.54) is 18.9 Å². The highest BCUT2D eigenvalue weighted by molar-refractivity contribution is 8.17. The predicted molar refractivity (Wildman–Crippen MR) is 108 cm³/mol. The van der Waals surface area contributed by atoms with E-state index in [-0.39, 0.29) is 5.82 Å². The maximum absolute atomic E-state index is 12.5. The minimum Gasteiger partial charge on any atom is -0.493 e. The molecular weight excluding hydrogens is 376 g/mol. The topological polar surface area (TPSA) is 101 Å². The van der Waals surface area contributed by atoms with Crippen molar-refractivity contribution in [3.63, 3.8) is 0 Å². The van der Waals surface area contributed by atoms with Gasteiger partial charge in [-0.15, -0.1) is 0 Å². The fourth-order valence-electron chi connectivity index (χ4n) is 3.04. The van der Waals surface area contributed by atoms with Crippen LogP contribution in [0.1, 0.15) is 32.4 Å². The molecule has 0 unspecified atom stereocenters. The Balaban J connectivity index is 2.04. The number of nitrogens with two attached hydrogens (primary N) is 1. The van der Waals surface area contributed by atoms with Crippen LogP contribution in [0.4, 0.5) is 0 Å². The van der Waals surface area contributed by atoms with Crippen LogP contribution in [0.25, 0.3) is 0 Å². The number of ether oxygens (including phenoxy) is 2. The molecule has 2 N–H and O–H groups in total. The van der Waals surface area contributed by atoms with Crippen LogP contribution in [0.3, 0.4) is 0 Å². The van der Waals surface area contributed by atoms with Gasteiger partial charge in [0.2, 0.25) is 0 Å². The van der Waals surface area contributed by atoms with Crippen LogP contribution < -0.4 is 10.5 Å². The van der Waals surface area contributed by atoms with Gasteiger partial charge in [-0.05, 0) is 42.3 Å². The van der Waals surface area contributed by atoms with E-state index in [4.69, 9.17) is 15.2 Å². The van der Waals surface area contributed by atoms with Gasteiger partial charge in [0.25, 0.3) is 0 Å². The number of hydrogen-bond donors (Lipinski definition) is 1. The number of allylic oxidation sites excluding steroid dienone is 2. The molecule has 0 saturated carbocycles. The normalized spacial score (nSPS) is 18.8. The van der Waals surface area contributed by atoms with Crippen molar-refractivity contribution in [3.05, 3.63) is 51.8 Å². The maximum atomic E-state index is 12.5. The van der Waals surface area contributed by atoms with E-state index in [1.54, 1.807) is 11.8 Å². The number of carbonyl (C=O) groups is 1. The number of thioether (sulfide) groups is 1. The second kappa shape index (κ2) is 7.98. The quantitative estimate of drug-likeness (QED) is 0.760. The summed E-state index contributed by atoms with van der Waals surface area (Å²) >= 11 is 1.20. The molecule has 0 aromatic heterocycles. The molecule has 1 aromatic rings. The van der Waals surface area contributed by atoms with Crippen molar-refractivity contribution >= 4 is 22.9 Å². The zero-order valence-corrected chi connectivity index (χ0v) is 17.0. The van der Waals surface area contributed by atoms with E-state index in [0.29, 0.717) is 33.9 Å². The van der Waals surface area contributed by atoms with Gasteiger partial charge in [0.1, 0.15) is 22.5 Å². The molecule has 0 amide bonds. The van der Waals surface area contributed by atoms with Crippen LogP contribution in [0, 0.1) is 17.2 Å². The van der Waals surface area contributed by atoms with Gasteiger partial charge in [0, 0.05) is 0 Å². The summed E-state index contributed by atoms with van der Waals surface area (Å²) < 4.78 is 10.7. The molecule has 0 saturated heterocycles. The molecule has 8 heteroatoms. The summed E-state index contributed by atoms with van der Waals surface area (Å²) in [5, 5.41) is 9.93. The Morgan fingerprint density at radius 2 is 2.07 bits per heavy atom. The van der Waals surface area contributed by atoms with Gasteiger partial charge in [-0.1, -0.05) is 26.0 Å². The summed E-state index contributed by atoms with van der Waals surface area (Å²) in [5.74, 6) is 0.975. The third kappa shape index (κ3) is 3.58. The number of hydrogen-bond acceptors (Lipinski definition) is 8. The molecule has 0 radical (unpaired) electrons. The van der Waals surface area contributed by atoms with Crippen molar-refractivity contribution in [2.45, 2.75) is 26.8 Å². The van der Waals surface area contributed by atoms with E-state index in [0.717, 1.165) is 11.3 Å². The molecule has 1 atom stereocenters. The molecule has 0 aliphatic carbocycles. The van der Waals surface area contributed by atoms with Gasteiger partial charge >= 0.3 is 5.97 Å². The Morgan fingerprint density at radius 1 is 1.39 bits per heavy atom. The Kier molecular flexibility index (Phi) is 5.66. The lowest BCUT2D eigenvalue weighted by atomic mass is 9.94. The minimum absolute atomic E-state index is 0.283. The number of benzene rings is 1. The predicted octanol–water partition coefficient (Wildman–Crippen LogP) is 3.28. The molecule has 2 aliphatic heterocycles. The number of esters is 1. The maximum Gasteiger partial charge on any atom is 0.338 e. The van der Waals surface area contributed by atoms with Crippen LogP contribution in [0.15, 0.2) is 51.3 Å². The number of nitrogens with zero attached hydrogens (tertiary/aromatic N) is 3. The molecule has 7 nitrogen and oxygen atoms in total. The average molecular weight is 398 g/mol. The number of amidine groups is 1. The Morgan fingerprint density at radius 3 is 2.64 bits per heavy atom. The Hall–Kier alpha value is -2.92. The summed E-state index contributed by atoms with van der Waals surface area (Å²) in [5.41, 5.74) is 7.98. The number of aliphatic imine (C=N–C) groups is 1. The third-order valence-electron chi connectivity index (χ3n) is 4.36. The second-order valence-corrected chi connectivity index (χ2v) is 7.84. The van der Waals surface area contributed by atoms with Crippen LogP contribution in [-0.4, -0.2) is 29.8 Å². The number of carbonyl (C=O) groups excluding carboxylic acids is 1. The highest BCUT2D eigenvalue weighted by Gasteiger charge is 2.42. The summed E-state index contributed by atoms with van der Waals surface area (Å²) in [7, 11) is 1.33. The fraction of sp³-hybridized carbons (Fsp3) is 0.350. The van der Waals surface area contributed by atoms with Gasteiger partial charge in [-0.3, -0.25) is 4.90 Å². The zero-order chi connectivity index (χ0) is 20.4. The minimum atomic E-state index is -0.530. The van der Waals surface area contributed by atoms with Crippen LogP contribution in [0.2, 0.25) is 0 Å². The number of rotatable bonds is 5. The number of methoxy groups -OCH3 is 1. The van der Waals surface area contributed by atoms with Crippen molar-refractivity contribution in [2.75, 3.05) is 13.7 Å². The smallest absolute Gasteiger partial charge is 0.338 e. The van der Waals surface area contributed by atoms with Crippen molar-refractivity contribution in [1.82, 2.24) is 4.90 Å². The van der Waals surface area contributed by atoms with Gasteiger partial charge in [0.15, 0.2) is 5.17 Å². The van der Waals surface area contributed by atoms with E-state index < -0.39 is 12.0 Å². The zero-order valence-electron chi connectivity index (χ0n) is 16.2. The molecule has 0 bridgehead atoms. The van der Waals surface area contributed by atoms with Crippen molar-refractivity contribution in [2.24, 2.45) is 16.6 Å². The molecule has 2 aliphatic rings. The first-order chi connectivity index (χ1) is 13.4. The van der Waals surface area contributed by atoms with Crippen molar-refractivity contribution in [1.29, 1.82) is 5.26 Å². The average Bonchev–Trinajstić information content (AvgIpc) is 3.00. The molecule has 0 fully saturated rings. The molecule has 28 heavy (non-hydrogen) atoms. The van der Waals surface area contributed by atoms with E-state index in [2.05, 4.69) is 24.9 Å². The molecule has 3 rings (SSSR count). The lowest BCUT2D eigenvalue weighted by molar-refractivity contribution is -0.136. The first kappa shape index (κ1) is 19.8. The summed E-state index contributed by atoms with van der Waals surface area (Å²) in [6.07, 6.45) is 0. The number of nitriles is 1. The fourth-order valence-corrected chi connectivity index (χ4v) is 3.95. The highest BCUT2D eigenvalue weighted by Crippen LogP contribution is 2.45. The van der Waals surface area contributed by atoms with Gasteiger partial charge in [-0.25, -0.2) is 9.79 Å². The third-order valence-corrected chi connectivity index (χ3v) is 5.34. The lowest BCUT2D eigenvalue weighted by Gasteiger charge is -2.34. The number of fused-ring (bicyclic) bond motifs is 1. The van der Waals surface area contributed by atoms with Gasteiger partial charge in [0.05, 0.1) is 31.0 Å². The standard InChI is InChI=1S/C20H22N4O3S/c1-11(2)10-27-14-7-5-13(6-8-14)17-16(19(25)26-4)12(3)23-20-24(17)18(22)15(9-21)28-20/h5-8,11,17H,10,22H2,1-4H3/t17-/m0/s1. The molecule has 0 spiro atoms. The SMILES string of the molecule is COC(=O)C1=C(C)N=C2SC(C#N)=C(N)N2[C@H]1c1ccc(OCC(C)C)cc1. The van der Waals surface area contributed by atoms with Crippen LogP contribution in [0.5, 0.6) is 5.75 Å². The van der Waals surface area contributed by atoms with Crippen LogP contribution >= 0.6 is 11.8 Å². The highest BCUT2D eigenvalue weighted by atomic mass is 32.2. The molecule has 1 aromatic carbocycles. The summed E-state index contributed by atoms with van der Waals surface area (Å²) in [6.45, 7) is 6.54. The second-order valence-electron chi connectivity index (χ2n) is 6.86. The van der Waals surface area contributed by atoms with E-state index in [1.807, 2.05) is 24.3 Å². The Labute approximate surface area is 168 Å². The summed E-state index contributed by atoms with van der Waals surface area (Å²) in [4.78, 5) is 19.1. The monoisotopic (exact) mass is 398 g/mol. The van der Waals surface area contributed by atoms with Gasteiger partial charge in [-0.2, -0.15) is 5.26 Å². The first-order valence-electron chi connectivity index (χ1n) is 8.84. The molecule has 146 valence electrons. The molecular formula is C20H22N4O3S. The first-order valence-corrected chi connectivity index (χ1v) is 9.66. The van der Waals surface area contributed by atoms with E-state index in [9.17, 15) is 10.1 Å². The van der Waals surface area contributed by atoms with Crippen molar-refractivity contribution in [3.8, 4) is 11.8 Å². The lowest BCUT2D eigenvalue weighted by Crippen LogP contribution is -2.38. The molecule has 2 heterocycles. The largest absolute Gasteiger partial charge is 0.493 e. The Bertz CT molecular complexity index is 926. The van der Waals surface area contributed by atoms with Crippen molar-refractivity contribution < 1.29 is 14.3 Å².